The van der Waals surface area contributed by atoms with E-state index in [1.807, 2.05) is 73.8 Å². The van der Waals surface area contributed by atoms with Crippen LogP contribution in [0.4, 0.5) is 0 Å². The van der Waals surface area contributed by atoms with Gasteiger partial charge in [-0.25, -0.2) is 4.98 Å². The van der Waals surface area contributed by atoms with E-state index in [2.05, 4.69) is 25.6 Å². The van der Waals surface area contributed by atoms with E-state index in [1.54, 1.807) is 25.6 Å². The van der Waals surface area contributed by atoms with Crippen molar-refractivity contribution in [2.45, 2.75) is 80.0 Å². The number of nitrogens with zero attached hydrogens (tertiary/aromatic N) is 3. The van der Waals surface area contributed by atoms with E-state index in [9.17, 15) is 14.4 Å². The van der Waals surface area contributed by atoms with Crippen molar-refractivity contribution >= 4 is 52.0 Å². The number of para-hydroxylation sites is 1. The van der Waals surface area contributed by atoms with E-state index in [1.165, 1.54) is 16.7 Å². The molecule has 0 saturated carbocycles. The topological polar surface area (TPSA) is 198 Å². The molecule has 0 bridgehead atoms. The van der Waals surface area contributed by atoms with Crippen LogP contribution >= 0.6 is 23.4 Å². The number of likely N-dealkylation sites (N-methyl/N-ethyl adjacent to an activating group) is 1. The zero-order valence-electron chi connectivity index (χ0n) is 31.3. The minimum Gasteiger partial charge on any atom is -0.368 e. The minimum atomic E-state index is -0.934. The Bertz CT molecular complexity index is 2060. The Kier molecular flexibility index (Phi) is 15.2. The molecule has 0 radical (unpaired) electrons. The Morgan fingerprint density at radius 2 is 1.65 bits per heavy atom. The predicted molar refractivity (Wildman–Crippen MR) is 219 cm³/mol. The summed E-state index contributed by atoms with van der Waals surface area (Å²) >= 11 is 8.22. The van der Waals surface area contributed by atoms with Crippen LogP contribution < -0.4 is 27.8 Å². The van der Waals surface area contributed by atoms with Crippen LogP contribution in [0.3, 0.4) is 0 Å². The van der Waals surface area contributed by atoms with Crippen molar-refractivity contribution in [3.8, 4) is 11.1 Å². The van der Waals surface area contributed by atoms with Gasteiger partial charge in [-0.05, 0) is 110 Å². The SMILES string of the molecule is Cc1c(-c2ccncc2)ccc(Cl)c1Sc1ncccc1CN[C@@H](CCCN)C(=O)N[C@@H](CCCCN)C(=O)N(C)[C@@H](Cc1c[nH]c2ccccc12)C(N)=O. The van der Waals surface area contributed by atoms with Gasteiger partial charge in [0.1, 0.15) is 17.1 Å². The molecule has 12 nitrogen and oxygen atoms in total. The number of H-pyrrole nitrogens is 1. The third-order valence-electron chi connectivity index (χ3n) is 9.74. The van der Waals surface area contributed by atoms with Crippen LogP contribution in [-0.4, -0.2) is 75.8 Å². The second-order valence-corrected chi connectivity index (χ2v) is 14.9. The van der Waals surface area contributed by atoms with Crippen LogP contribution in [0.15, 0.2) is 95.4 Å². The first-order valence-electron chi connectivity index (χ1n) is 18.5. The van der Waals surface area contributed by atoms with E-state index in [4.69, 9.17) is 28.8 Å². The zero-order chi connectivity index (χ0) is 39.3. The number of rotatable bonds is 20. The third-order valence-corrected chi connectivity index (χ3v) is 11.5. The minimum absolute atomic E-state index is 0.218. The van der Waals surface area contributed by atoms with Crippen molar-refractivity contribution in [1.29, 1.82) is 0 Å². The summed E-state index contributed by atoms with van der Waals surface area (Å²) in [4.78, 5) is 55.2. The van der Waals surface area contributed by atoms with Gasteiger partial charge in [0.05, 0.1) is 11.1 Å². The molecule has 0 aliphatic rings. The molecule has 0 aliphatic carbocycles. The molecule has 55 heavy (non-hydrogen) atoms. The summed E-state index contributed by atoms with van der Waals surface area (Å²) in [6.45, 7) is 3.19. The second kappa shape index (κ2) is 20.2. The molecule has 5 aromatic rings. The van der Waals surface area contributed by atoms with Crippen molar-refractivity contribution in [2.75, 3.05) is 20.1 Å². The fourth-order valence-corrected chi connectivity index (χ4v) is 7.94. The molecule has 290 valence electrons. The van der Waals surface area contributed by atoms with Crippen molar-refractivity contribution in [1.82, 2.24) is 30.5 Å². The maximum absolute atomic E-state index is 14.1. The fourth-order valence-electron chi connectivity index (χ4n) is 6.62. The molecular formula is C41H50ClN9O3S. The number of hydrogen-bond donors (Lipinski definition) is 6. The lowest BCUT2D eigenvalue weighted by Gasteiger charge is -2.31. The average Bonchev–Trinajstić information content (AvgIpc) is 3.61. The molecule has 3 atom stereocenters. The molecule has 3 heterocycles. The first-order chi connectivity index (χ1) is 26.6. The Morgan fingerprint density at radius 1 is 0.909 bits per heavy atom. The number of aromatic amines is 1. The normalized spacial score (nSPS) is 13.0. The van der Waals surface area contributed by atoms with E-state index in [0.717, 1.165) is 48.6 Å². The number of primary amides is 1. The molecule has 9 N–H and O–H groups in total. The first kappa shape index (κ1) is 41.4. The standard InChI is InChI=1S/C41H50ClN9O3S/c1-26-30(27-16-21-46-22-17-27)14-15-32(42)37(26)55-40-28(9-8-20-47-40)24-49-34(13-7-19-44)39(53)50-35(12-5-6-18-43)41(54)51(2)36(38(45)52)23-29-25-48-33-11-4-3-10-31(29)33/h3-4,8-11,14-17,20-22,25,34-36,48-49H,5-7,12-13,18-19,23-24,43-44H2,1-2H3,(H2,45,52)(H,50,53)/t34-,35-,36-/m0/s1. The molecule has 0 unspecified atom stereocenters. The highest BCUT2D eigenvalue weighted by molar-refractivity contribution is 7.99. The summed E-state index contributed by atoms with van der Waals surface area (Å²) < 4.78 is 0. The molecule has 0 fully saturated rings. The summed E-state index contributed by atoms with van der Waals surface area (Å²) in [6, 6.07) is 16.8. The number of halogens is 1. The number of nitrogens with two attached hydrogens (primary N) is 3. The molecule has 5 rings (SSSR count). The fraction of sp³-hybridized carbons (Fsp3) is 0.341. The van der Waals surface area contributed by atoms with Gasteiger partial charge in [-0.3, -0.25) is 19.4 Å². The quantitative estimate of drug-likeness (QED) is 0.0582. The molecule has 3 aromatic heterocycles. The van der Waals surface area contributed by atoms with E-state index in [0.29, 0.717) is 56.8 Å². The van der Waals surface area contributed by atoms with Gasteiger partial charge >= 0.3 is 0 Å². The smallest absolute Gasteiger partial charge is 0.245 e. The summed E-state index contributed by atoms with van der Waals surface area (Å²) in [7, 11) is 1.56. The van der Waals surface area contributed by atoms with Crippen LogP contribution in [0.5, 0.6) is 0 Å². The van der Waals surface area contributed by atoms with Crippen LogP contribution in [0.1, 0.15) is 48.8 Å². The molecule has 3 amide bonds. The van der Waals surface area contributed by atoms with Gasteiger partial charge in [-0.1, -0.05) is 53.7 Å². The number of fused-ring (bicyclic) bond motifs is 1. The Labute approximate surface area is 331 Å². The van der Waals surface area contributed by atoms with Crippen molar-refractivity contribution in [2.24, 2.45) is 17.2 Å². The van der Waals surface area contributed by atoms with Gasteiger partial charge in [0.25, 0.3) is 0 Å². The number of unbranched alkanes of at least 4 members (excludes halogenated alkanes) is 1. The van der Waals surface area contributed by atoms with Crippen LogP contribution in [0.2, 0.25) is 5.02 Å². The highest BCUT2D eigenvalue weighted by Gasteiger charge is 2.33. The van der Waals surface area contributed by atoms with Crippen molar-refractivity contribution in [3.63, 3.8) is 0 Å². The molecule has 0 aliphatic heterocycles. The largest absolute Gasteiger partial charge is 0.368 e. The zero-order valence-corrected chi connectivity index (χ0v) is 32.8. The van der Waals surface area contributed by atoms with E-state index in [-0.39, 0.29) is 12.3 Å². The molecular weight excluding hydrogens is 734 g/mol. The van der Waals surface area contributed by atoms with E-state index < -0.39 is 29.9 Å². The number of amides is 3. The number of pyridine rings is 2. The second-order valence-electron chi connectivity index (χ2n) is 13.5. The maximum Gasteiger partial charge on any atom is 0.245 e. The number of nitrogens with one attached hydrogen (secondary N) is 3. The summed E-state index contributed by atoms with van der Waals surface area (Å²) in [5.74, 6) is -1.39. The Balaban J connectivity index is 1.32. The van der Waals surface area contributed by atoms with Crippen molar-refractivity contribution < 1.29 is 14.4 Å². The highest BCUT2D eigenvalue weighted by Crippen LogP contribution is 2.40. The summed E-state index contributed by atoms with van der Waals surface area (Å²) in [6.07, 6.45) is 9.93. The highest BCUT2D eigenvalue weighted by atomic mass is 35.5. The number of aromatic nitrogens is 3. The van der Waals surface area contributed by atoms with Gasteiger partial charge in [0.15, 0.2) is 0 Å². The van der Waals surface area contributed by atoms with Gasteiger partial charge in [-0.2, -0.15) is 0 Å². The lowest BCUT2D eigenvalue weighted by Crippen LogP contribution is -2.56. The first-order valence-corrected chi connectivity index (χ1v) is 19.7. The van der Waals surface area contributed by atoms with Crippen LogP contribution in [-0.2, 0) is 27.3 Å². The maximum atomic E-state index is 14.1. The van der Waals surface area contributed by atoms with Gasteiger partial charge in [0.2, 0.25) is 17.7 Å². The number of benzene rings is 2. The summed E-state index contributed by atoms with van der Waals surface area (Å²) in [5.41, 5.74) is 23.3. The lowest BCUT2D eigenvalue weighted by atomic mass is 10.0. The number of hydrogen-bond acceptors (Lipinski definition) is 9. The van der Waals surface area contributed by atoms with Gasteiger partial charge < -0.3 is 37.7 Å². The predicted octanol–water partition coefficient (Wildman–Crippen LogP) is 5.10. The monoisotopic (exact) mass is 783 g/mol. The molecule has 2 aromatic carbocycles. The molecule has 0 spiro atoms. The lowest BCUT2D eigenvalue weighted by molar-refractivity contribution is -0.141. The average molecular weight is 784 g/mol. The number of carbonyl (C=O) groups is 3. The Hall–Kier alpha value is -4.79. The van der Waals surface area contributed by atoms with Gasteiger partial charge in [0, 0.05) is 60.6 Å². The van der Waals surface area contributed by atoms with E-state index >= 15 is 0 Å². The Morgan fingerprint density at radius 3 is 2.40 bits per heavy atom. The summed E-state index contributed by atoms with van der Waals surface area (Å²) in [5, 5.41) is 8.71. The van der Waals surface area contributed by atoms with Crippen molar-refractivity contribution in [3.05, 3.63) is 107 Å². The van der Waals surface area contributed by atoms with Crippen LogP contribution in [0, 0.1) is 6.92 Å². The molecule has 0 saturated heterocycles. The van der Waals surface area contributed by atoms with Gasteiger partial charge in [-0.15, -0.1) is 0 Å². The van der Waals surface area contributed by atoms with Crippen LogP contribution in [0.25, 0.3) is 22.0 Å². The number of carbonyl (C=O) groups excluding carboxylic acids is 3. The third kappa shape index (κ3) is 10.7. The molecule has 14 heteroatoms.